The average Bonchev–Trinajstić information content (AvgIpc) is 3.30. The van der Waals surface area contributed by atoms with Crippen LogP contribution < -0.4 is 5.32 Å². The van der Waals surface area contributed by atoms with Crippen molar-refractivity contribution in [2.45, 2.75) is 24.8 Å². The van der Waals surface area contributed by atoms with Crippen molar-refractivity contribution >= 4 is 38.9 Å². The van der Waals surface area contributed by atoms with Crippen LogP contribution in [-0.4, -0.2) is 38.3 Å². The summed E-state index contributed by atoms with van der Waals surface area (Å²) in [7, 11) is -2.54. The van der Waals surface area contributed by atoms with Crippen LogP contribution in [-0.2, 0) is 27.7 Å². The van der Waals surface area contributed by atoms with Crippen molar-refractivity contribution in [1.82, 2.24) is 4.31 Å². The number of amides is 1. The Bertz CT molecular complexity index is 1300. The number of fused-ring (bicyclic) bond motifs is 1. The van der Waals surface area contributed by atoms with Crippen LogP contribution in [0.2, 0.25) is 0 Å². The summed E-state index contributed by atoms with van der Waals surface area (Å²) in [6.45, 7) is 2.40. The maximum absolute atomic E-state index is 13.4. The summed E-state index contributed by atoms with van der Waals surface area (Å²) in [5, 5.41) is 4.37. The SMILES string of the molecule is COC(=O)c1ccc(NC(=O)c2sccc2S(=O)(=O)N2CCc3ccccc3C2)c(C)c1. The fourth-order valence-electron chi connectivity index (χ4n) is 3.71. The van der Waals surface area contributed by atoms with Crippen molar-refractivity contribution in [2.75, 3.05) is 19.0 Å². The Morgan fingerprint density at radius 1 is 1.09 bits per heavy atom. The Morgan fingerprint density at radius 3 is 2.56 bits per heavy atom. The third-order valence-electron chi connectivity index (χ3n) is 5.44. The van der Waals surface area contributed by atoms with Crippen molar-refractivity contribution < 1.29 is 22.7 Å². The zero-order valence-electron chi connectivity index (χ0n) is 17.6. The number of hydrogen-bond donors (Lipinski definition) is 1. The number of carbonyl (C=O) groups excluding carboxylic acids is 2. The fraction of sp³-hybridized carbons (Fsp3) is 0.217. The van der Waals surface area contributed by atoms with Gasteiger partial charge < -0.3 is 10.1 Å². The van der Waals surface area contributed by atoms with Crippen LogP contribution in [0, 0.1) is 6.92 Å². The Morgan fingerprint density at radius 2 is 1.84 bits per heavy atom. The molecular formula is C23H22N2O5S2. The quantitative estimate of drug-likeness (QED) is 0.572. The van der Waals surface area contributed by atoms with Gasteiger partial charge in [0.25, 0.3) is 5.91 Å². The molecule has 2 heterocycles. The van der Waals surface area contributed by atoms with Crippen molar-refractivity contribution in [3.8, 4) is 0 Å². The van der Waals surface area contributed by atoms with Gasteiger partial charge in [0, 0.05) is 18.8 Å². The van der Waals surface area contributed by atoms with Gasteiger partial charge >= 0.3 is 5.97 Å². The first kappa shape index (κ1) is 22.2. The molecule has 1 aliphatic heterocycles. The number of nitrogens with one attached hydrogen (secondary N) is 1. The summed E-state index contributed by atoms with van der Waals surface area (Å²) in [4.78, 5) is 24.8. The third-order valence-corrected chi connectivity index (χ3v) is 8.37. The number of hydrogen-bond acceptors (Lipinski definition) is 6. The molecule has 0 unspecified atom stereocenters. The van der Waals surface area contributed by atoms with Crippen LogP contribution in [0.25, 0.3) is 0 Å². The van der Waals surface area contributed by atoms with Gasteiger partial charge in [-0.2, -0.15) is 4.31 Å². The normalized spacial score (nSPS) is 13.9. The molecule has 166 valence electrons. The lowest BCUT2D eigenvalue weighted by Gasteiger charge is -2.28. The molecule has 9 heteroatoms. The highest BCUT2D eigenvalue weighted by Gasteiger charge is 2.32. The molecule has 0 fully saturated rings. The summed E-state index contributed by atoms with van der Waals surface area (Å²) >= 11 is 1.08. The molecule has 0 radical (unpaired) electrons. The lowest BCUT2D eigenvalue weighted by Crippen LogP contribution is -2.36. The second-order valence-corrected chi connectivity index (χ2v) is 10.3. The van der Waals surface area contributed by atoms with E-state index in [2.05, 4.69) is 5.32 Å². The molecule has 0 spiro atoms. The molecule has 7 nitrogen and oxygen atoms in total. The van der Waals surface area contributed by atoms with Crippen molar-refractivity contribution in [3.05, 3.63) is 81.0 Å². The molecule has 1 amide bonds. The first-order valence-corrected chi connectivity index (χ1v) is 12.3. The van der Waals surface area contributed by atoms with Crippen LogP contribution in [0.4, 0.5) is 5.69 Å². The van der Waals surface area contributed by atoms with E-state index in [4.69, 9.17) is 4.74 Å². The van der Waals surface area contributed by atoms with Gasteiger partial charge in [-0.3, -0.25) is 4.79 Å². The number of nitrogens with zero attached hydrogens (tertiary/aromatic N) is 1. The third kappa shape index (κ3) is 4.19. The molecular weight excluding hydrogens is 448 g/mol. The molecule has 3 aromatic rings. The summed E-state index contributed by atoms with van der Waals surface area (Å²) in [5.74, 6) is -0.981. The second-order valence-electron chi connectivity index (χ2n) is 7.45. The van der Waals surface area contributed by atoms with E-state index in [9.17, 15) is 18.0 Å². The molecule has 0 bridgehead atoms. The van der Waals surface area contributed by atoms with Gasteiger partial charge in [0.2, 0.25) is 10.0 Å². The van der Waals surface area contributed by atoms with Gasteiger partial charge in [-0.15, -0.1) is 11.3 Å². The predicted octanol–water partition coefficient (Wildman–Crippen LogP) is 3.84. The molecule has 1 aliphatic rings. The highest BCUT2D eigenvalue weighted by Crippen LogP contribution is 2.30. The summed E-state index contributed by atoms with van der Waals surface area (Å²) in [6.07, 6.45) is 0.632. The Kier molecular flexibility index (Phi) is 6.14. The molecule has 0 atom stereocenters. The maximum atomic E-state index is 13.4. The van der Waals surface area contributed by atoms with E-state index in [0.29, 0.717) is 29.8 Å². The van der Waals surface area contributed by atoms with Crippen LogP contribution in [0.15, 0.2) is 58.8 Å². The smallest absolute Gasteiger partial charge is 0.337 e. The van der Waals surface area contributed by atoms with Crippen LogP contribution in [0.5, 0.6) is 0 Å². The number of methoxy groups -OCH3 is 1. The molecule has 32 heavy (non-hydrogen) atoms. The second kappa shape index (κ2) is 8.85. The van der Waals surface area contributed by atoms with E-state index in [-0.39, 0.29) is 16.3 Å². The number of anilines is 1. The molecule has 0 saturated heterocycles. The standard InChI is InChI=1S/C23H22N2O5S2/c1-15-13-17(23(27)30-2)7-8-19(15)24-22(26)21-20(10-12-31-21)32(28,29)25-11-9-16-5-3-4-6-18(16)14-25/h3-8,10,12-13H,9,11,14H2,1-2H3,(H,24,26). The minimum Gasteiger partial charge on any atom is -0.465 e. The highest BCUT2D eigenvalue weighted by molar-refractivity contribution is 7.89. The number of thiophene rings is 1. The van der Waals surface area contributed by atoms with E-state index in [0.717, 1.165) is 22.5 Å². The molecule has 1 aromatic heterocycles. The van der Waals surface area contributed by atoms with Gasteiger partial charge in [0.15, 0.2) is 0 Å². The van der Waals surface area contributed by atoms with Gasteiger partial charge in [-0.1, -0.05) is 24.3 Å². The molecule has 1 N–H and O–H groups in total. The largest absolute Gasteiger partial charge is 0.465 e. The molecule has 4 rings (SSSR count). The number of carbonyl (C=O) groups is 2. The predicted molar refractivity (Wildman–Crippen MR) is 123 cm³/mol. The van der Waals surface area contributed by atoms with E-state index >= 15 is 0 Å². The summed E-state index contributed by atoms with van der Waals surface area (Å²) in [5.41, 5.74) is 3.65. The fourth-order valence-corrected chi connectivity index (χ4v) is 6.42. The van der Waals surface area contributed by atoms with Gasteiger partial charge in [-0.05, 0) is 59.7 Å². The van der Waals surface area contributed by atoms with Gasteiger partial charge in [-0.25, -0.2) is 13.2 Å². The minimum atomic E-state index is -3.84. The number of ether oxygens (including phenoxy) is 1. The zero-order valence-corrected chi connectivity index (χ0v) is 19.3. The first-order valence-electron chi connectivity index (χ1n) is 9.96. The van der Waals surface area contributed by atoms with E-state index in [1.54, 1.807) is 30.5 Å². The van der Waals surface area contributed by atoms with E-state index in [1.807, 2.05) is 24.3 Å². The molecule has 0 saturated carbocycles. The lowest BCUT2D eigenvalue weighted by molar-refractivity contribution is 0.0600. The highest BCUT2D eigenvalue weighted by atomic mass is 32.2. The van der Waals surface area contributed by atoms with Crippen LogP contribution >= 0.6 is 11.3 Å². The average molecular weight is 471 g/mol. The first-order chi connectivity index (χ1) is 15.3. The monoisotopic (exact) mass is 470 g/mol. The van der Waals surface area contributed by atoms with Crippen LogP contribution in [0.1, 0.15) is 36.7 Å². The molecule has 2 aromatic carbocycles. The topological polar surface area (TPSA) is 92.8 Å². The lowest BCUT2D eigenvalue weighted by atomic mass is 10.0. The van der Waals surface area contributed by atoms with Gasteiger partial charge in [0.05, 0.1) is 12.7 Å². The molecule has 0 aliphatic carbocycles. The maximum Gasteiger partial charge on any atom is 0.337 e. The number of rotatable bonds is 5. The van der Waals surface area contributed by atoms with Gasteiger partial charge in [0.1, 0.15) is 9.77 Å². The summed E-state index contributed by atoms with van der Waals surface area (Å²) in [6, 6.07) is 14.0. The Balaban J connectivity index is 1.57. The Labute approximate surface area is 190 Å². The van der Waals surface area contributed by atoms with Crippen molar-refractivity contribution in [3.63, 3.8) is 0 Å². The summed E-state index contributed by atoms with van der Waals surface area (Å²) < 4.78 is 32.8. The number of benzene rings is 2. The van der Waals surface area contributed by atoms with E-state index in [1.165, 1.54) is 17.5 Å². The van der Waals surface area contributed by atoms with Crippen molar-refractivity contribution in [1.29, 1.82) is 0 Å². The number of sulfonamides is 1. The number of aryl methyl sites for hydroxylation is 1. The van der Waals surface area contributed by atoms with Crippen molar-refractivity contribution in [2.24, 2.45) is 0 Å². The van der Waals surface area contributed by atoms with Crippen LogP contribution in [0.3, 0.4) is 0 Å². The Hall–Kier alpha value is -3.01. The zero-order chi connectivity index (χ0) is 22.9. The van der Waals surface area contributed by atoms with E-state index < -0.39 is 21.9 Å². The minimum absolute atomic E-state index is 0.00298. The number of esters is 1.